The number of rotatable bonds is 1. The zero-order valence-corrected chi connectivity index (χ0v) is 7.87. The number of halogens is 1. The van der Waals surface area contributed by atoms with Crippen LogP contribution in [0.15, 0.2) is 11.4 Å². The van der Waals surface area contributed by atoms with Gasteiger partial charge in [0.2, 0.25) is 0 Å². The van der Waals surface area contributed by atoms with E-state index in [0.717, 1.165) is 0 Å². The lowest BCUT2D eigenvalue weighted by Gasteiger charge is -2.07. The first kappa shape index (κ1) is 8.56. The molecule has 0 aromatic carbocycles. The topological polar surface area (TPSA) is 20.3 Å². The molecule has 0 aliphatic carbocycles. The summed E-state index contributed by atoms with van der Waals surface area (Å²) in [6.07, 6.45) is 0. The molecule has 0 atom stereocenters. The van der Waals surface area contributed by atoms with Crippen molar-refractivity contribution in [2.24, 2.45) is 0 Å². The van der Waals surface area contributed by atoms with Gasteiger partial charge in [0.05, 0.1) is 5.02 Å². The first-order valence-corrected chi connectivity index (χ1v) is 4.33. The van der Waals surface area contributed by atoms with Gasteiger partial charge in [0.25, 0.3) is 5.91 Å². The highest BCUT2D eigenvalue weighted by atomic mass is 35.5. The lowest BCUT2D eigenvalue weighted by molar-refractivity contribution is 0.0832. The molecule has 0 spiro atoms. The van der Waals surface area contributed by atoms with E-state index < -0.39 is 0 Å². The van der Waals surface area contributed by atoms with E-state index in [-0.39, 0.29) is 5.91 Å². The average Bonchev–Trinajstić information content (AvgIpc) is 2.33. The maximum Gasteiger partial charge on any atom is 0.264 e. The first-order chi connectivity index (χ1) is 5.13. The van der Waals surface area contributed by atoms with Crippen molar-refractivity contribution >= 4 is 28.8 Å². The van der Waals surface area contributed by atoms with E-state index in [2.05, 4.69) is 0 Å². The predicted molar refractivity (Wildman–Crippen MR) is 47.3 cm³/mol. The van der Waals surface area contributed by atoms with Crippen molar-refractivity contribution in [1.82, 2.24) is 4.90 Å². The molecule has 0 fully saturated rings. The number of amides is 1. The molecule has 2 nitrogen and oxygen atoms in total. The molecule has 0 saturated heterocycles. The van der Waals surface area contributed by atoms with E-state index in [1.807, 2.05) is 0 Å². The Balaban J connectivity index is 2.93. The molecular formula is C7H8ClNOS. The first-order valence-electron chi connectivity index (χ1n) is 3.07. The Kier molecular flexibility index (Phi) is 2.52. The van der Waals surface area contributed by atoms with Crippen LogP contribution >= 0.6 is 22.9 Å². The van der Waals surface area contributed by atoms with Crippen molar-refractivity contribution in [3.05, 3.63) is 21.3 Å². The molecular weight excluding hydrogens is 182 g/mol. The summed E-state index contributed by atoms with van der Waals surface area (Å²) < 4.78 is 0. The van der Waals surface area contributed by atoms with Crippen LogP contribution in [0, 0.1) is 0 Å². The largest absolute Gasteiger partial charge is 0.344 e. The Bertz CT molecular complexity index is 269. The van der Waals surface area contributed by atoms with Gasteiger partial charge in [-0.25, -0.2) is 0 Å². The molecule has 1 aromatic rings. The molecule has 11 heavy (non-hydrogen) atoms. The zero-order valence-electron chi connectivity index (χ0n) is 6.30. The van der Waals surface area contributed by atoms with Crippen molar-refractivity contribution in [2.45, 2.75) is 0 Å². The number of thiophene rings is 1. The highest BCUT2D eigenvalue weighted by Gasteiger charge is 2.12. The molecule has 60 valence electrons. The Morgan fingerprint density at radius 1 is 1.64 bits per heavy atom. The number of carbonyl (C=O) groups is 1. The van der Waals surface area contributed by atoms with E-state index in [1.165, 1.54) is 16.2 Å². The fourth-order valence-corrected chi connectivity index (χ4v) is 1.81. The van der Waals surface area contributed by atoms with Crippen molar-refractivity contribution in [2.75, 3.05) is 14.1 Å². The number of hydrogen-bond acceptors (Lipinski definition) is 2. The quantitative estimate of drug-likeness (QED) is 0.663. The Hall–Kier alpha value is -0.540. The minimum atomic E-state index is -0.0370. The summed E-state index contributed by atoms with van der Waals surface area (Å²) in [4.78, 5) is 13.4. The molecule has 1 heterocycles. The normalized spacial score (nSPS) is 9.73. The molecule has 0 bridgehead atoms. The predicted octanol–water partition coefficient (Wildman–Crippen LogP) is 2.10. The monoisotopic (exact) mass is 189 g/mol. The summed E-state index contributed by atoms with van der Waals surface area (Å²) in [5.74, 6) is -0.0370. The van der Waals surface area contributed by atoms with Crippen LogP contribution in [0.25, 0.3) is 0 Å². The summed E-state index contributed by atoms with van der Waals surface area (Å²) >= 11 is 7.10. The van der Waals surface area contributed by atoms with Crippen molar-refractivity contribution < 1.29 is 4.79 Å². The fraction of sp³-hybridized carbons (Fsp3) is 0.286. The molecule has 0 unspecified atom stereocenters. The summed E-state index contributed by atoms with van der Waals surface area (Å²) in [5.41, 5.74) is 0. The number of carbonyl (C=O) groups excluding carboxylic acids is 1. The average molecular weight is 190 g/mol. The van der Waals surface area contributed by atoms with E-state index in [0.29, 0.717) is 9.90 Å². The highest BCUT2D eigenvalue weighted by molar-refractivity contribution is 7.12. The summed E-state index contributed by atoms with van der Waals surface area (Å²) in [7, 11) is 3.41. The summed E-state index contributed by atoms with van der Waals surface area (Å²) in [6.45, 7) is 0. The molecule has 1 aromatic heterocycles. The van der Waals surface area contributed by atoms with Gasteiger partial charge in [0.15, 0.2) is 0 Å². The molecule has 1 amide bonds. The van der Waals surface area contributed by atoms with Gasteiger partial charge in [-0.2, -0.15) is 0 Å². The molecule has 1 rings (SSSR count). The van der Waals surface area contributed by atoms with Crippen LogP contribution in [0.3, 0.4) is 0 Å². The molecule has 0 N–H and O–H groups in total. The van der Waals surface area contributed by atoms with Gasteiger partial charge in [-0.05, 0) is 11.4 Å². The maximum atomic E-state index is 11.3. The van der Waals surface area contributed by atoms with Crippen molar-refractivity contribution in [3.8, 4) is 0 Å². The third-order valence-electron chi connectivity index (χ3n) is 1.22. The van der Waals surface area contributed by atoms with Gasteiger partial charge in [0.1, 0.15) is 4.88 Å². The van der Waals surface area contributed by atoms with Gasteiger partial charge in [-0.3, -0.25) is 4.79 Å². The van der Waals surface area contributed by atoms with E-state index >= 15 is 0 Å². The van der Waals surface area contributed by atoms with Gasteiger partial charge in [-0.1, -0.05) is 11.6 Å². The minimum Gasteiger partial charge on any atom is -0.344 e. The van der Waals surface area contributed by atoms with Crippen molar-refractivity contribution in [3.63, 3.8) is 0 Å². The van der Waals surface area contributed by atoms with E-state index in [9.17, 15) is 4.79 Å². The van der Waals surface area contributed by atoms with Gasteiger partial charge >= 0.3 is 0 Å². The zero-order chi connectivity index (χ0) is 8.43. The second-order valence-corrected chi connectivity index (χ2v) is 3.62. The van der Waals surface area contributed by atoms with E-state index in [4.69, 9.17) is 11.6 Å². The third-order valence-corrected chi connectivity index (χ3v) is 2.55. The number of hydrogen-bond donors (Lipinski definition) is 0. The molecule has 0 aliphatic rings. The van der Waals surface area contributed by atoms with Crippen LogP contribution in [0.1, 0.15) is 9.67 Å². The summed E-state index contributed by atoms with van der Waals surface area (Å²) in [5, 5.41) is 2.34. The lowest BCUT2D eigenvalue weighted by atomic mass is 10.4. The van der Waals surface area contributed by atoms with Gasteiger partial charge in [-0.15, -0.1) is 11.3 Å². The van der Waals surface area contributed by atoms with Gasteiger partial charge < -0.3 is 4.90 Å². The van der Waals surface area contributed by atoms with Crippen LogP contribution in [-0.4, -0.2) is 24.9 Å². The van der Waals surface area contributed by atoms with Crippen LogP contribution in [0.4, 0.5) is 0 Å². The van der Waals surface area contributed by atoms with Crippen LogP contribution in [0.2, 0.25) is 5.02 Å². The third kappa shape index (κ3) is 1.73. The maximum absolute atomic E-state index is 11.3. The van der Waals surface area contributed by atoms with Crippen LogP contribution in [0.5, 0.6) is 0 Å². The summed E-state index contributed by atoms with van der Waals surface area (Å²) in [6, 6.07) is 1.73. The van der Waals surface area contributed by atoms with Crippen molar-refractivity contribution in [1.29, 1.82) is 0 Å². The van der Waals surface area contributed by atoms with Gasteiger partial charge in [0, 0.05) is 14.1 Å². The van der Waals surface area contributed by atoms with Crippen LogP contribution < -0.4 is 0 Å². The standard InChI is InChI=1S/C7H8ClNOS/c1-9(2)7(10)6-5(8)3-4-11-6/h3-4H,1-2H3. The fourth-order valence-electron chi connectivity index (χ4n) is 0.649. The Morgan fingerprint density at radius 3 is 2.64 bits per heavy atom. The SMILES string of the molecule is CN(C)C(=O)c1sccc1Cl. The minimum absolute atomic E-state index is 0.0370. The second kappa shape index (κ2) is 3.24. The Morgan fingerprint density at radius 2 is 2.27 bits per heavy atom. The molecule has 0 radical (unpaired) electrons. The van der Waals surface area contributed by atoms with Crippen LogP contribution in [-0.2, 0) is 0 Å². The number of nitrogens with zero attached hydrogens (tertiary/aromatic N) is 1. The molecule has 4 heteroatoms. The van der Waals surface area contributed by atoms with E-state index in [1.54, 1.807) is 25.5 Å². The smallest absolute Gasteiger partial charge is 0.264 e. The lowest BCUT2D eigenvalue weighted by Crippen LogP contribution is -2.20. The highest BCUT2D eigenvalue weighted by Crippen LogP contribution is 2.22. The Labute approximate surface area is 74.4 Å². The molecule has 0 aliphatic heterocycles. The second-order valence-electron chi connectivity index (χ2n) is 2.30. The molecule has 0 saturated carbocycles.